The number of nitrogens with zero attached hydrogens (tertiary/aromatic N) is 1. The Morgan fingerprint density at radius 2 is 1.52 bits per heavy atom. The van der Waals surface area contributed by atoms with Crippen molar-refractivity contribution in [1.29, 1.82) is 0 Å². The summed E-state index contributed by atoms with van der Waals surface area (Å²) < 4.78 is 0. The molecule has 0 atom stereocenters. The highest BCUT2D eigenvalue weighted by molar-refractivity contribution is 5.68. The number of carbonyl (C=O) groups excluding carboxylic acids is 1. The van der Waals surface area contributed by atoms with E-state index in [0.29, 0.717) is 0 Å². The lowest BCUT2D eigenvalue weighted by Gasteiger charge is -2.39. The Hall–Kier alpha value is -1.57. The smallest absolute Gasteiger partial charge is 0.106 e. The zero-order chi connectivity index (χ0) is 16.1. The third kappa shape index (κ3) is 6.16. The van der Waals surface area contributed by atoms with Gasteiger partial charge in [-0.1, -0.05) is 64.4 Å². The predicted molar refractivity (Wildman–Crippen MR) is 93.2 cm³/mol. The van der Waals surface area contributed by atoms with Crippen LogP contribution in [0, 0.1) is 5.92 Å². The fourth-order valence-electron chi connectivity index (χ4n) is 2.58. The van der Waals surface area contributed by atoms with Crippen LogP contribution >= 0.6 is 0 Å². The SMILES string of the molecule is C1=C(c2ccccc2)C2CCN1CC2.C=O.CC.CCC. The molecular formula is C19H31NO. The van der Waals surface area contributed by atoms with E-state index in [2.05, 4.69) is 55.3 Å². The molecule has 3 aliphatic heterocycles. The summed E-state index contributed by atoms with van der Waals surface area (Å²) >= 11 is 0. The topological polar surface area (TPSA) is 20.3 Å². The molecular weight excluding hydrogens is 258 g/mol. The second-order valence-corrected chi connectivity index (χ2v) is 4.97. The van der Waals surface area contributed by atoms with E-state index in [0.717, 1.165) is 5.92 Å². The molecule has 0 aliphatic carbocycles. The van der Waals surface area contributed by atoms with Crippen LogP contribution in [0.1, 0.15) is 52.5 Å². The van der Waals surface area contributed by atoms with Gasteiger partial charge in [0.15, 0.2) is 0 Å². The maximum Gasteiger partial charge on any atom is 0.106 e. The molecule has 2 bridgehead atoms. The molecule has 0 spiro atoms. The fraction of sp³-hybridized carbons (Fsp3) is 0.526. The van der Waals surface area contributed by atoms with Gasteiger partial charge in [0.25, 0.3) is 0 Å². The van der Waals surface area contributed by atoms with Crippen molar-refractivity contribution in [2.45, 2.75) is 47.0 Å². The van der Waals surface area contributed by atoms with Crippen LogP contribution in [0.4, 0.5) is 0 Å². The van der Waals surface area contributed by atoms with Crippen molar-refractivity contribution < 1.29 is 4.79 Å². The van der Waals surface area contributed by atoms with Gasteiger partial charge in [0.1, 0.15) is 6.79 Å². The summed E-state index contributed by atoms with van der Waals surface area (Å²) in [7, 11) is 0. The summed E-state index contributed by atoms with van der Waals surface area (Å²) in [4.78, 5) is 10.5. The maximum atomic E-state index is 8.00. The molecule has 3 heterocycles. The molecule has 3 aliphatic rings. The van der Waals surface area contributed by atoms with Crippen molar-refractivity contribution >= 4 is 12.4 Å². The Kier molecular flexibility index (Phi) is 11.3. The molecule has 1 fully saturated rings. The molecule has 0 amide bonds. The molecule has 1 aromatic rings. The maximum absolute atomic E-state index is 8.00. The van der Waals surface area contributed by atoms with E-state index in [4.69, 9.17) is 4.79 Å². The van der Waals surface area contributed by atoms with Gasteiger partial charge in [-0.25, -0.2) is 0 Å². The third-order valence-corrected chi connectivity index (χ3v) is 3.40. The van der Waals surface area contributed by atoms with Gasteiger partial charge in [-0.2, -0.15) is 0 Å². The van der Waals surface area contributed by atoms with Crippen molar-refractivity contribution in [3.05, 3.63) is 42.1 Å². The minimum absolute atomic E-state index is 0.822. The zero-order valence-corrected chi connectivity index (χ0v) is 14.1. The lowest BCUT2D eigenvalue weighted by Crippen LogP contribution is -2.35. The van der Waals surface area contributed by atoms with Crippen molar-refractivity contribution in [3.8, 4) is 0 Å². The van der Waals surface area contributed by atoms with E-state index in [1.807, 2.05) is 20.6 Å². The Morgan fingerprint density at radius 3 is 1.90 bits per heavy atom. The van der Waals surface area contributed by atoms with E-state index >= 15 is 0 Å². The van der Waals surface area contributed by atoms with E-state index in [1.165, 1.54) is 37.9 Å². The van der Waals surface area contributed by atoms with Gasteiger partial charge in [-0.3, -0.25) is 0 Å². The highest BCUT2D eigenvalue weighted by Crippen LogP contribution is 2.36. The Morgan fingerprint density at radius 1 is 1.05 bits per heavy atom. The summed E-state index contributed by atoms with van der Waals surface area (Å²) in [5.74, 6) is 0.822. The largest absolute Gasteiger partial charge is 0.377 e. The van der Waals surface area contributed by atoms with Gasteiger partial charge in [-0.05, 0) is 29.9 Å². The Labute approximate surface area is 130 Å². The van der Waals surface area contributed by atoms with Crippen LogP contribution in [-0.2, 0) is 4.79 Å². The Balaban J connectivity index is 0.000000500. The van der Waals surface area contributed by atoms with Crippen LogP contribution in [0.2, 0.25) is 0 Å². The van der Waals surface area contributed by atoms with E-state index in [9.17, 15) is 0 Å². The first kappa shape index (κ1) is 19.4. The number of allylic oxidation sites excluding steroid dienone is 1. The number of rotatable bonds is 1. The van der Waals surface area contributed by atoms with Crippen molar-refractivity contribution in [1.82, 2.24) is 4.90 Å². The summed E-state index contributed by atoms with van der Waals surface area (Å²) in [5, 5.41) is 0. The molecule has 0 N–H and O–H groups in total. The number of hydrogen-bond acceptors (Lipinski definition) is 2. The minimum atomic E-state index is 0.822. The summed E-state index contributed by atoms with van der Waals surface area (Å²) in [6.45, 7) is 12.8. The predicted octanol–water partition coefficient (Wildman–Crippen LogP) is 5.01. The standard InChI is InChI=1S/C13H15N.C3H8.C2H6.CH2O/c1-2-4-11(5-3-1)13-10-14-8-6-12(13)7-9-14;1-3-2;2*1-2/h1-5,10,12H,6-9H2;3H2,1-2H3;1-2H3;1H2. The molecule has 21 heavy (non-hydrogen) atoms. The third-order valence-electron chi connectivity index (χ3n) is 3.40. The van der Waals surface area contributed by atoms with E-state index in [1.54, 1.807) is 5.57 Å². The van der Waals surface area contributed by atoms with Crippen LogP contribution < -0.4 is 0 Å². The molecule has 0 radical (unpaired) electrons. The number of benzene rings is 1. The van der Waals surface area contributed by atoms with Crippen LogP contribution in [0.3, 0.4) is 0 Å². The number of fused-ring (bicyclic) bond motifs is 2. The first-order valence-electron chi connectivity index (χ1n) is 8.15. The highest BCUT2D eigenvalue weighted by atomic mass is 16.1. The van der Waals surface area contributed by atoms with Crippen LogP contribution in [-0.4, -0.2) is 24.8 Å². The number of piperidine rings is 1. The van der Waals surface area contributed by atoms with E-state index in [-0.39, 0.29) is 0 Å². The van der Waals surface area contributed by atoms with Gasteiger partial charge in [0.2, 0.25) is 0 Å². The van der Waals surface area contributed by atoms with Crippen LogP contribution in [0.25, 0.3) is 5.57 Å². The number of hydrogen-bond donors (Lipinski definition) is 0. The molecule has 0 unspecified atom stereocenters. The molecule has 118 valence electrons. The minimum Gasteiger partial charge on any atom is -0.377 e. The van der Waals surface area contributed by atoms with Crippen molar-refractivity contribution in [2.75, 3.05) is 13.1 Å². The molecule has 2 heteroatoms. The first-order valence-corrected chi connectivity index (χ1v) is 8.15. The van der Waals surface area contributed by atoms with Crippen molar-refractivity contribution in [2.24, 2.45) is 5.92 Å². The lowest BCUT2D eigenvalue weighted by atomic mass is 9.82. The van der Waals surface area contributed by atoms with Gasteiger partial charge in [0, 0.05) is 19.3 Å². The van der Waals surface area contributed by atoms with Gasteiger partial charge >= 0.3 is 0 Å². The normalized spacial score (nSPS) is 15.4. The highest BCUT2D eigenvalue weighted by Gasteiger charge is 2.27. The second-order valence-electron chi connectivity index (χ2n) is 4.97. The average Bonchev–Trinajstić information content (AvgIpc) is 2.61. The van der Waals surface area contributed by atoms with E-state index < -0.39 is 0 Å². The molecule has 4 rings (SSSR count). The summed E-state index contributed by atoms with van der Waals surface area (Å²) in [6.07, 6.45) is 6.31. The molecule has 0 saturated carbocycles. The van der Waals surface area contributed by atoms with Gasteiger partial charge < -0.3 is 9.69 Å². The fourth-order valence-corrected chi connectivity index (χ4v) is 2.58. The molecule has 1 aromatic carbocycles. The van der Waals surface area contributed by atoms with Gasteiger partial charge in [-0.15, -0.1) is 0 Å². The second kappa shape index (κ2) is 12.2. The Bertz CT molecular complexity index is 378. The quantitative estimate of drug-likeness (QED) is 0.724. The monoisotopic (exact) mass is 289 g/mol. The number of carbonyl (C=O) groups is 1. The van der Waals surface area contributed by atoms with Crippen LogP contribution in [0.15, 0.2) is 36.5 Å². The lowest BCUT2D eigenvalue weighted by molar-refractivity contribution is -0.0979. The van der Waals surface area contributed by atoms with Crippen LogP contribution in [0.5, 0.6) is 0 Å². The molecule has 0 aromatic heterocycles. The summed E-state index contributed by atoms with van der Waals surface area (Å²) in [6, 6.07) is 10.8. The average molecular weight is 289 g/mol. The molecule has 2 nitrogen and oxygen atoms in total. The molecule has 1 saturated heterocycles. The van der Waals surface area contributed by atoms with Crippen molar-refractivity contribution in [3.63, 3.8) is 0 Å². The summed E-state index contributed by atoms with van der Waals surface area (Å²) in [5.41, 5.74) is 2.98. The zero-order valence-electron chi connectivity index (χ0n) is 14.1. The van der Waals surface area contributed by atoms with Gasteiger partial charge in [0.05, 0.1) is 0 Å². The first-order chi connectivity index (χ1) is 10.3.